The van der Waals surface area contributed by atoms with Crippen molar-refractivity contribution in [2.45, 2.75) is 44.6 Å². The summed E-state index contributed by atoms with van der Waals surface area (Å²) in [7, 11) is 1.87. The highest BCUT2D eigenvalue weighted by Crippen LogP contribution is 2.28. The monoisotopic (exact) mass is 297 g/mol. The van der Waals surface area contributed by atoms with Crippen LogP contribution in [0, 0.1) is 11.8 Å². The fraction of sp³-hybridized carbons (Fsp3) is 0.867. The molecule has 1 aliphatic carbocycles. The van der Waals surface area contributed by atoms with E-state index in [-0.39, 0.29) is 11.9 Å². The second-order valence-corrected chi connectivity index (χ2v) is 6.33. The van der Waals surface area contributed by atoms with Gasteiger partial charge in [-0.1, -0.05) is 0 Å². The summed E-state index contributed by atoms with van der Waals surface area (Å²) in [6.07, 6.45) is 5.28. The van der Waals surface area contributed by atoms with Crippen molar-refractivity contribution in [3.63, 3.8) is 0 Å². The molecule has 2 fully saturated rings. The van der Waals surface area contributed by atoms with E-state index in [4.69, 9.17) is 5.11 Å². The van der Waals surface area contributed by atoms with Gasteiger partial charge in [-0.25, -0.2) is 4.79 Å². The van der Waals surface area contributed by atoms with Crippen molar-refractivity contribution in [2.24, 2.45) is 11.8 Å². The van der Waals surface area contributed by atoms with E-state index < -0.39 is 5.97 Å². The van der Waals surface area contributed by atoms with E-state index in [0.717, 1.165) is 51.6 Å². The smallest absolute Gasteiger partial charge is 0.317 e. The molecule has 0 spiro atoms. The van der Waals surface area contributed by atoms with Crippen molar-refractivity contribution < 1.29 is 14.7 Å². The molecule has 0 atom stereocenters. The Kier molecular flexibility index (Phi) is 5.85. The molecule has 0 aromatic carbocycles. The molecule has 2 amide bonds. The summed E-state index contributed by atoms with van der Waals surface area (Å²) in [6, 6.07) is 0.330. The zero-order valence-corrected chi connectivity index (χ0v) is 12.8. The van der Waals surface area contributed by atoms with Crippen molar-refractivity contribution >= 4 is 12.0 Å². The van der Waals surface area contributed by atoms with E-state index in [9.17, 15) is 9.59 Å². The molecule has 0 aromatic rings. The number of carboxylic acids is 1. The minimum Gasteiger partial charge on any atom is -0.481 e. The Balaban J connectivity index is 1.68. The first kappa shape index (κ1) is 16.1. The number of hydrogen-bond donors (Lipinski definition) is 3. The maximum Gasteiger partial charge on any atom is 0.317 e. The molecular weight excluding hydrogens is 270 g/mol. The molecule has 0 unspecified atom stereocenters. The first-order valence-electron chi connectivity index (χ1n) is 8.02. The van der Waals surface area contributed by atoms with Gasteiger partial charge in [-0.05, 0) is 57.5 Å². The maximum atomic E-state index is 12.2. The van der Waals surface area contributed by atoms with Gasteiger partial charge in [-0.2, -0.15) is 0 Å². The topological polar surface area (TPSA) is 81.7 Å². The van der Waals surface area contributed by atoms with Gasteiger partial charge in [-0.15, -0.1) is 0 Å². The lowest BCUT2D eigenvalue weighted by molar-refractivity contribution is -0.143. The summed E-state index contributed by atoms with van der Waals surface area (Å²) in [6.45, 7) is 2.61. The minimum atomic E-state index is -0.678. The molecule has 3 N–H and O–H groups in total. The van der Waals surface area contributed by atoms with Crippen LogP contribution in [0.3, 0.4) is 0 Å². The van der Waals surface area contributed by atoms with E-state index in [1.807, 2.05) is 11.9 Å². The predicted octanol–water partition coefficient (Wildman–Crippen LogP) is 1.27. The molecule has 0 radical (unpaired) electrons. The van der Waals surface area contributed by atoms with Crippen LogP contribution in [-0.2, 0) is 4.79 Å². The second-order valence-electron chi connectivity index (χ2n) is 6.33. The molecule has 120 valence electrons. The van der Waals surface area contributed by atoms with Gasteiger partial charge in [0, 0.05) is 19.6 Å². The Hall–Kier alpha value is -1.30. The number of aliphatic carboxylic acids is 1. The lowest BCUT2D eigenvalue weighted by Crippen LogP contribution is -2.48. The van der Waals surface area contributed by atoms with Crippen molar-refractivity contribution in [1.82, 2.24) is 15.5 Å². The van der Waals surface area contributed by atoms with E-state index in [1.165, 1.54) is 0 Å². The zero-order valence-electron chi connectivity index (χ0n) is 12.8. The van der Waals surface area contributed by atoms with Crippen LogP contribution in [-0.4, -0.2) is 54.7 Å². The molecule has 1 saturated carbocycles. The Morgan fingerprint density at radius 1 is 1.14 bits per heavy atom. The molecule has 6 nitrogen and oxygen atoms in total. The highest BCUT2D eigenvalue weighted by molar-refractivity contribution is 5.74. The SMILES string of the molecule is CN(C(=O)NCC1CCC(C(=O)O)CC1)C1CCNCC1. The maximum absolute atomic E-state index is 12.2. The Morgan fingerprint density at radius 3 is 2.33 bits per heavy atom. The van der Waals surface area contributed by atoms with Crippen LogP contribution in [0.4, 0.5) is 4.79 Å². The zero-order chi connectivity index (χ0) is 15.2. The number of urea groups is 1. The molecule has 1 aliphatic heterocycles. The van der Waals surface area contributed by atoms with Gasteiger partial charge in [-0.3, -0.25) is 4.79 Å². The van der Waals surface area contributed by atoms with Gasteiger partial charge in [0.1, 0.15) is 0 Å². The number of nitrogens with zero attached hydrogens (tertiary/aromatic N) is 1. The summed E-state index contributed by atoms with van der Waals surface area (Å²) in [4.78, 5) is 24.9. The molecule has 2 rings (SSSR count). The Bertz CT molecular complexity index is 361. The number of amides is 2. The molecule has 0 bridgehead atoms. The molecule has 21 heavy (non-hydrogen) atoms. The third-order valence-corrected chi connectivity index (χ3v) is 4.91. The second kappa shape index (κ2) is 7.64. The van der Waals surface area contributed by atoms with Crippen LogP contribution in [0.5, 0.6) is 0 Å². The van der Waals surface area contributed by atoms with Gasteiger partial charge < -0.3 is 20.6 Å². The highest BCUT2D eigenvalue weighted by atomic mass is 16.4. The number of rotatable bonds is 4. The molecule has 1 saturated heterocycles. The van der Waals surface area contributed by atoms with Crippen molar-refractivity contribution in [3.8, 4) is 0 Å². The third kappa shape index (κ3) is 4.59. The molecule has 2 aliphatic rings. The van der Waals surface area contributed by atoms with Crippen LogP contribution < -0.4 is 10.6 Å². The predicted molar refractivity (Wildman–Crippen MR) is 80.1 cm³/mol. The summed E-state index contributed by atoms with van der Waals surface area (Å²) in [5, 5.41) is 15.3. The normalized spacial score (nSPS) is 27.1. The van der Waals surface area contributed by atoms with Crippen LogP contribution in [0.1, 0.15) is 38.5 Å². The first-order valence-corrected chi connectivity index (χ1v) is 8.02. The number of carbonyl (C=O) groups excluding carboxylic acids is 1. The van der Waals surface area contributed by atoms with Crippen molar-refractivity contribution in [3.05, 3.63) is 0 Å². The Labute approximate surface area is 126 Å². The van der Waals surface area contributed by atoms with Crippen LogP contribution in [0.15, 0.2) is 0 Å². The largest absolute Gasteiger partial charge is 0.481 e. The van der Waals surface area contributed by atoms with E-state index in [0.29, 0.717) is 18.5 Å². The number of carbonyl (C=O) groups is 2. The molecule has 0 aromatic heterocycles. The van der Waals surface area contributed by atoms with Gasteiger partial charge in [0.2, 0.25) is 0 Å². The average Bonchev–Trinajstić information content (AvgIpc) is 2.53. The van der Waals surface area contributed by atoms with E-state index in [2.05, 4.69) is 10.6 Å². The van der Waals surface area contributed by atoms with Crippen LogP contribution >= 0.6 is 0 Å². The van der Waals surface area contributed by atoms with Gasteiger partial charge in [0.05, 0.1) is 5.92 Å². The number of nitrogens with one attached hydrogen (secondary N) is 2. The van der Waals surface area contributed by atoms with Gasteiger partial charge in [0.25, 0.3) is 0 Å². The quantitative estimate of drug-likeness (QED) is 0.730. The lowest BCUT2D eigenvalue weighted by Gasteiger charge is -2.32. The lowest BCUT2D eigenvalue weighted by atomic mass is 9.82. The fourth-order valence-electron chi connectivity index (χ4n) is 3.33. The number of carboxylic acid groups (broad SMARTS) is 1. The highest BCUT2D eigenvalue weighted by Gasteiger charge is 2.27. The molecule has 1 heterocycles. The Morgan fingerprint density at radius 2 is 1.76 bits per heavy atom. The molecular formula is C15H27N3O3. The first-order chi connectivity index (χ1) is 10.1. The average molecular weight is 297 g/mol. The number of piperidine rings is 1. The molecule has 6 heteroatoms. The van der Waals surface area contributed by atoms with E-state index in [1.54, 1.807) is 0 Å². The van der Waals surface area contributed by atoms with E-state index >= 15 is 0 Å². The van der Waals surface area contributed by atoms with Gasteiger partial charge >= 0.3 is 12.0 Å². The summed E-state index contributed by atoms with van der Waals surface area (Å²) in [5.74, 6) is -0.441. The fourth-order valence-corrected chi connectivity index (χ4v) is 3.33. The number of hydrogen-bond acceptors (Lipinski definition) is 3. The summed E-state index contributed by atoms with van der Waals surface area (Å²) < 4.78 is 0. The van der Waals surface area contributed by atoms with Gasteiger partial charge in [0.15, 0.2) is 0 Å². The van der Waals surface area contributed by atoms with Crippen molar-refractivity contribution in [2.75, 3.05) is 26.7 Å². The summed E-state index contributed by atoms with van der Waals surface area (Å²) in [5.41, 5.74) is 0. The van der Waals surface area contributed by atoms with Crippen molar-refractivity contribution in [1.29, 1.82) is 0 Å². The third-order valence-electron chi connectivity index (χ3n) is 4.91. The van der Waals surface area contributed by atoms with Crippen LogP contribution in [0.25, 0.3) is 0 Å². The summed E-state index contributed by atoms with van der Waals surface area (Å²) >= 11 is 0. The van der Waals surface area contributed by atoms with Crippen LogP contribution in [0.2, 0.25) is 0 Å². The minimum absolute atomic E-state index is 0.00209. The standard InChI is InChI=1S/C15H27N3O3/c1-18(13-6-8-16-9-7-13)15(21)17-10-11-2-4-12(5-3-11)14(19)20/h11-13,16H,2-10H2,1H3,(H,17,21)(H,19,20).